The third-order valence-corrected chi connectivity index (χ3v) is 3.85. The lowest BCUT2D eigenvalue weighted by Crippen LogP contribution is -2.38. The molecule has 0 aliphatic rings. The van der Waals surface area contributed by atoms with Crippen LogP contribution in [0, 0.1) is 17.3 Å². The fraction of sp³-hybridized carbons (Fsp3) is 1.00. The van der Waals surface area contributed by atoms with Gasteiger partial charge in [0.1, 0.15) is 0 Å². The van der Waals surface area contributed by atoms with Gasteiger partial charge in [-0.25, -0.2) is 0 Å². The number of nitrogens with one attached hydrogen (secondary N) is 1. The van der Waals surface area contributed by atoms with Gasteiger partial charge in [0.05, 0.1) is 6.61 Å². The first-order valence-corrected chi connectivity index (χ1v) is 7.16. The summed E-state index contributed by atoms with van der Waals surface area (Å²) in [6.45, 7) is 14.7. The van der Waals surface area contributed by atoms with Crippen LogP contribution >= 0.6 is 0 Å². The van der Waals surface area contributed by atoms with Crippen molar-refractivity contribution in [2.45, 2.75) is 53.9 Å². The van der Waals surface area contributed by atoms with E-state index >= 15 is 0 Å². The SMILES string of the molecule is CCCC(C)(CNCCOC)C(C)CC(C)C. The van der Waals surface area contributed by atoms with E-state index in [9.17, 15) is 0 Å². The monoisotopic (exact) mass is 243 g/mol. The molecule has 0 saturated carbocycles. The van der Waals surface area contributed by atoms with Crippen LogP contribution in [0.25, 0.3) is 0 Å². The maximum absolute atomic E-state index is 5.08. The van der Waals surface area contributed by atoms with Crippen LogP contribution in [0.1, 0.15) is 53.9 Å². The molecular formula is C15H33NO. The van der Waals surface area contributed by atoms with E-state index in [1.807, 2.05) is 0 Å². The molecule has 0 spiro atoms. The molecule has 0 aromatic rings. The Morgan fingerprint density at radius 2 is 1.88 bits per heavy atom. The van der Waals surface area contributed by atoms with Crippen molar-refractivity contribution in [2.75, 3.05) is 26.8 Å². The van der Waals surface area contributed by atoms with Gasteiger partial charge in [0.2, 0.25) is 0 Å². The van der Waals surface area contributed by atoms with E-state index < -0.39 is 0 Å². The Bertz CT molecular complexity index is 182. The lowest BCUT2D eigenvalue weighted by Gasteiger charge is -2.37. The highest BCUT2D eigenvalue weighted by Gasteiger charge is 2.30. The van der Waals surface area contributed by atoms with Gasteiger partial charge >= 0.3 is 0 Å². The molecule has 2 unspecified atom stereocenters. The van der Waals surface area contributed by atoms with E-state index in [0.29, 0.717) is 5.41 Å². The highest BCUT2D eigenvalue weighted by atomic mass is 16.5. The summed E-state index contributed by atoms with van der Waals surface area (Å²) >= 11 is 0. The molecule has 17 heavy (non-hydrogen) atoms. The summed E-state index contributed by atoms with van der Waals surface area (Å²) < 4.78 is 5.08. The average Bonchev–Trinajstić information content (AvgIpc) is 2.24. The molecule has 2 nitrogen and oxygen atoms in total. The van der Waals surface area contributed by atoms with E-state index in [-0.39, 0.29) is 0 Å². The van der Waals surface area contributed by atoms with Crippen molar-refractivity contribution in [3.8, 4) is 0 Å². The summed E-state index contributed by atoms with van der Waals surface area (Å²) in [5, 5.41) is 3.54. The molecule has 0 fully saturated rings. The van der Waals surface area contributed by atoms with Crippen molar-refractivity contribution in [1.29, 1.82) is 0 Å². The van der Waals surface area contributed by atoms with Gasteiger partial charge in [-0.05, 0) is 30.1 Å². The van der Waals surface area contributed by atoms with Crippen LogP contribution in [-0.4, -0.2) is 26.8 Å². The van der Waals surface area contributed by atoms with Gasteiger partial charge in [-0.3, -0.25) is 0 Å². The van der Waals surface area contributed by atoms with E-state index in [0.717, 1.165) is 31.5 Å². The predicted molar refractivity (Wildman–Crippen MR) is 76.4 cm³/mol. The Kier molecular flexibility index (Phi) is 8.89. The second-order valence-electron chi connectivity index (χ2n) is 6.10. The maximum Gasteiger partial charge on any atom is 0.0587 e. The van der Waals surface area contributed by atoms with Gasteiger partial charge in [-0.15, -0.1) is 0 Å². The molecule has 0 aromatic heterocycles. The lowest BCUT2D eigenvalue weighted by molar-refractivity contribution is 0.142. The number of hydrogen-bond donors (Lipinski definition) is 1. The first kappa shape index (κ1) is 16.9. The van der Waals surface area contributed by atoms with Gasteiger partial charge in [-0.2, -0.15) is 0 Å². The fourth-order valence-electron chi connectivity index (χ4n) is 2.62. The zero-order chi connectivity index (χ0) is 13.3. The summed E-state index contributed by atoms with van der Waals surface area (Å²) in [4.78, 5) is 0. The maximum atomic E-state index is 5.08. The molecule has 0 rings (SSSR count). The largest absolute Gasteiger partial charge is 0.383 e. The summed E-state index contributed by atoms with van der Waals surface area (Å²) in [6, 6.07) is 0. The molecule has 0 radical (unpaired) electrons. The molecule has 2 heteroatoms. The third kappa shape index (κ3) is 7.05. The fourth-order valence-corrected chi connectivity index (χ4v) is 2.62. The average molecular weight is 243 g/mol. The predicted octanol–water partition coefficient (Wildman–Crippen LogP) is 3.71. The van der Waals surface area contributed by atoms with Gasteiger partial charge in [-0.1, -0.05) is 41.0 Å². The molecule has 2 atom stereocenters. The highest BCUT2D eigenvalue weighted by molar-refractivity contribution is 4.82. The topological polar surface area (TPSA) is 21.3 Å². The molecule has 0 aromatic carbocycles. The highest BCUT2D eigenvalue weighted by Crippen LogP contribution is 2.35. The number of ether oxygens (including phenoxy) is 1. The van der Waals surface area contributed by atoms with Crippen molar-refractivity contribution < 1.29 is 4.74 Å². The molecule has 104 valence electrons. The second kappa shape index (κ2) is 8.93. The minimum absolute atomic E-state index is 0.423. The Morgan fingerprint density at radius 1 is 1.24 bits per heavy atom. The third-order valence-electron chi connectivity index (χ3n) is 3.85. The minimum atomic E-state index is 0.423. The zero-order valence-corrected chi connectivity index (χ0v) is 12.8. The Hall–Kier alpha value is -0.0800. The van der Waals surface area contributed by atoms with Crippen molar-refractivity contribution >= 4 is 0 Å². The number of hydrogen-bond acceptors (Lipinski definition) is 2. The van der Waals surface area contributed by atoms with E-state index in [1.54, 1.807) is 7.11 Å². The van der Waals surface area contributed by atoms with Crippen molar-refractivity contribution in [1.82, 2.24) is 5.32 Å². The Morgan fingerprint density at radius 3 is 2.35 bits per heavy atom. The van der Waals surface area contributed by atoms with Gasteiger partial charge < -0.3 is 10.1 Å². The molecule has 0 heterocycles. The normalized spacial score (nSPS) is 17.1. The standard InChI is InChI=1S/C15H33NO/c1-7-8-15(5,12-16-9-10-17-6)14(4)11-13(2)3/h13-14,16H,7-12H2,1-6H3. The van der Waals surface area contributed by atoms with Gasteiger partial charge in [0.25, 0.3) is 0 Å². The first-order valence-electron chi connectivity index (χ1n) is 7.16. The number of rotatable bonds is 10. The molecule has 1 N–H and O–H groups in total. The van der Waals surface area contributed by atoms with E-state index in [4.69, 9.17) is 4.74 Å². The quantitative estimate of drug-likeness (QED) is 0.591. The van der Waals surface area contributed by atoms with Gasteiger partial charge in [0, 0.05) is 20.2 Å². The van der Waals surface area contributed by atoms with Gasteiger partial charge in [0.15, 0.2) is 0 Å². The van der Waals surface area contributed by atoms with Crippen LogP contribution < -0.4 is 5.32 Å². The molecule has 0 aliphatic heterocycles. The van der Waals surface area contributed by atoms with Crippen molar-refractivity contribution in [3.05, 3.63) is 0 Å². The lowest BCUT2D eigenvalue weighted by atomic mass is 9.71. The molecular weight excluding hydrogens is 210 g/mol. The zero-order valence-electron chi connectivity index (χ0n) is 12.8. The van der Waals surface area contributed by atoms with Crippen molar-refractivity contribution in [3.63, 3.8) is 0 Å². The molecule has 0 amide bonds. The van der Waals surface area contributed by atoms with Crippen LogP contribution in [0.2, 0.25) is 0 Å². The number of methoxy groups -OCH3 is 1. The molecule has 0 saturated heterocycles. The van der Waals surface area contributed by atoms with Crippen LogP contribution in [0.15, 0.2) is 0 Å². The Balaban J connectivity index is 4.22. The first-order chi connectivity index (χ1) is 7.96. The smallest absolute Gasteiger partial charge is 0.0587 e. The Labute approximate surface area is 109 Å². The van der Waals surface area contributed by atoms with E-state index in [1.165, 1.54) is 19.3 Å². The van der Waals surface area contributed by atoms with Crippen LogP contribution in [0.5, 0.6) is 0 Å². The summed E-state index contributed by atoms with van der Waals surface area (Å²) in [5.41, 5.74) is 0.423. The van der Waals surface area contributed by atoms with Crippen molar-refractivity contribution in [2.24, 2.45) is 17.3 Å². The summed E-state index contributed by atoms with van der Waals surface area (Å²) in [5.74, 6) is 1.57. The minimum Gasteiger partial charge on any atom is -0.383 e. The second-order valence-corrected chi connectivity index (χ2v) is 6.10. The molecule has 0 aliphatic carbocycles. The van der Waals surface area contributed by atoms with E-state index in [2.05, 4.69) is 39.9 Å². The summed E-state index contributed by atoms with van der Waals surface area (Å²) in [6.07, 6.45) is 3.90. The molecule has 0 bridgehead atoms. The van der Waals surface area contributed by atoms with Crippen LogP contribution in [0.4, 0.5) is 0 Å². The van der Waals surface area contributed by atoms with Crippen LogP contribution in [0.3, 0.4) is 0 Å². The summed E-state index contributed by atoms with van der Waals surface area (Å²) in [7, 11) is 1.76. The van der Waals surface area contributed by atoms with Crippen LogP contribution in [-0.2, 0) is 4.74 Å².